The highest BCUT2D eigenvalue weighted by molar-refractivity contribution is 5.97. The molecule has 0 spiro atoms. The first-order valence-electron chi connectivity index (χ1n) is 9.63. The Morgan fingerprint density at radius 2 is 1.83 bits per heavy atom. The summed E-state index contributed by atoms with van der Waals surface area (Å²) in [5.41, 5.74) is 0.00683. The van der Waals surface area contributed by atoms with E-state index in [1.807, 2.05) is 0 Å². The van der Waals surface area contributed by atoms with Crippen LogP contribution in [-0.4, -0.2) is 44.9 Å². The largest absolute Gasteiger partial charge is 0.330 e. The maximum absolute atomic E-state index is 13.0. The van der Waals surface area contributed by atoms with Crippen LogP contribution in [0.2, 0.25) is 0 Å². The molecule has 29 heavy (non-hydrogen) atoms. The monoisotopic (exact) mass is 396 g/mol. The third kappa shape index (κ3) is 4.02. The second-order valence-corrected chi connectivity index (χ2v) is 7.27. The first-order valence-corrected chi connectivity index (χ1v) is 9.63. The number of rotatable bonds is 5. The average molecular weight is 396 g/mol. The highest BCUT2D eigenvalue weighted by Crippen LogP contribution is 2.22. The fourth-order valence-corrected chi connectivity index (χ4v) is 3.80. The van der Waals surface area contributed by atoms with Crippen LogP contribution in [0.1, 0.15) is 23.2 Å². The maximum Gasteiger partial charge on any atom is 0.330 e. The molecule has 1 saturated heterocycles. The van der Waals surface area contributed by atoms with E-state index in [-0.39, 0.29) is 29.6 Å². The summed E-state index contributed by atoms with van der Waals surface area (Å²) in [6, 6.07) is 8.96. The molecule has 1 fully saturated rings. The molecule has 0 unspecified atom stereocenters. The van der Waals surface area contributed by atoms with Crippen molar-refractivity contribution in [2.45, 2.75) is 19.4 Å². The van der Waals surface area contributed by atoms with Gasteiger partial charge in [0.15, 0.2) is 5.78 Å². The number of ketones is 1. The molecule has 1 aromatic carbocycles. The van der Waals surface area contributed by atoms with Gasteiger partial charge in [-0.2, -0.15) is 0 Å². The van der Waals surface area contributed by atoms with E-state index in [4.69, 9.17) is 0 Å². The van der Waals surface area contributed by atoms with Crippen LogP contribution in [0.5, 0.6) is 0 Å². The number of Topliss-reactive ketones (excluding diaryl/α,β-unsaturated/α-hetero) is 1. The van der Waals surface area contributed by atoms with Gasteiger partial charge in [-0.05, 0) is 62.3 Å². The maximum atomic E-state index is 13.0. The summed E-state index contributed by atoms with van der Waals surface area (Å²) in [6.45, 7) is 2.24. The Morgan fingerprint density at radius 3 is 2.55 bits per heavy atom. The molecular weight excluding hydrogens is 375 g/mol. The number of aromatic amines is 1. The van der Waals surface area contributed by atoms with E-state index in [9.17, 15) is 18.8 Å². The lowest BCUT2D eigenvalue weighted by atomic mass is 9.89. The second-order valence-electron chi connectivity index (χ2n) is 7.27. The molecule has 1 aliphatic heterocycles. The fraction of sp³-hybridized carbons (Fsp3) is 0.333. The summed E-state index contributed by atoms with van der Waals surface area (Å²) in [4.78, 5) is 46.2. The van der Waals surface area contributed by atoms with Gasteiger partial charge in [0.25, 0.3) is 5.56 Å². The first-order chi connectivity index (χ1) is 14.0. The zero-order valence-electron chi connectivity index (χ0n) is 15.8. The molecule has 3 heterocycles. The van der Waals surface area contributed by atoms with Gasteiger partial charge >= 0.3 is 5.69 Å². The van der Waals surface area contributed by atoms with Crippen LogP contribution < -0.4 is 11.2 Å². The van der Waals surface area contributed by atoms with Crippen molar-refractivity contribution >= 4 is 16.8 Å². The van der Waals surface area contributed by atoms with Crippen LogP contribution in [0.3, 0.4) is 0 Å². The van der Waals surface area contributed by atoms with Crippen LogP contribution in [0, 0.1) is 11.7 Å². The number of pyridine rings is 1. The molecule has 0 saturated carbocycles. The number of H-pyrrole nitrogens is 1. The van der Waals surface area contributed by atoms with Crippen molar-refractivity contribution in [2.75, 3.05) is 19.6 Å². The molecular formula is C21H21FN4O3. The van der Waals surface area contributed by atoms with Crippen molar-refractivity contribution in [1.82, 2.24) is 19.4 Å². The van der Waals surface area contributed by atoms with Crippen molar-refractivity contribution in [1.29, 1.82) is 0 Å². The number of aromatic nitrogens is 3. The fourth-order valence-electron chi connectivity index (χ4n) is 3.80. The van der Waals surface area contributed by atoms with E-state index in [0.717, 1.165) is 0 Å². The molecule has 150 valence electrons. The lowest BCUT2D eigenvalue weighted by Gasteiger charge is -2.31. The lowest BCUT2D eigenvalue weighted by Crippen LogP contribution is -2.42. The zero-order valence-corrected chi connectivity index (χ0v) is 15.8. The minimum atomic E-state index is -0.470. The number of halogens is 1. The van der Waals surface area contributed by atoms with Gasteiger partial charge in [0.05, 0.1) is 5.39 Å². The molecule has 2 aromatic heterocycles. The van der Waals surface area contributed by atoms with Crippen molar-refractivity contribution in [3.8, 4) is 0 Å². The van der Waals surface area contributed by atoms with Crippen LogP contribution in [0.4, 0.5) is 4.39 Å². The number of carbonyl (C=O) groups excluding carboxylic acids is 1. The Bertz CT molecular complexity index is 1150. The van der Waals surface area contributed by atoms with Crippen molar-refractivity contribution in [3.63, 3.8) is 0 Å². The molecule has 3 aromatic rings. The summed E-state index contributed by atoms with van der Waals surface area (Å²) >= 11 is 0. The minimum Gasteiger partial charge on any atom is -0.302 e. The Balaban J connectivity index is 1.38. The summed E-state index contributed by atoms with van der Waals surface area (Å²) < 4.78 is 14.2. The number of fused-ring (bicyclic) bond motifs is 1. The minimum absolute atomic E-state index is 0.0411. The van der Waals surface area contributed by atoms with Crippen LogP contribution in [0.15, 0.2) is 52.2 Å². The van der Waals surface area contributed by atoms with Gasteiger partial charge in [-0.25, -0.2) is 14.2 Å². The molecule has 0 bridgehead atoms. The van der Waals surface area contributed by atoms with Gasteiger partial charge in [-0.1, -0.05) is 0 Å². The highest BCUT2D eigenvalue weighted by Gasteiger charge is 2.25. The number of hydrogen-bond acceptors (Lipinski definition) is 5. The predicted octanol–water partition coefficient (Wildman–Crippen LogP) is 1.82. The van der Waals surface area contributed by atoms with E-state index < -0.39 is 5.69 Å². The summed E-state index contributed by atoms with van der Waals surface area (Å²) in [6.07, 6.45) is 2.92. The predicted molar refractivity (Wildman–Crippen MR) is 107 cm³/mol. The van der Waals surface area contributed by atoms with E-state index in [1.165, 1.54) is 35.0 Å². The van der Waals surface area contributed by atoms with E-state index in [2.05, 4.69) is 14.9 Å². The van der Waals surface area contributed by atoms with Crippen molar-refractivity contribution in [3.05, 3.63) is 74.8 Å². The van der Waals surface area contributed by atoms with E-state index >= 15 is 0 Å². The molecule has 0 atom stereocenters. The van der Waals surface area contributed by atoms with Gasteiger partial charge in [-0.15, -0.1) is 0 Å². The van der Waals surface area contributed by atoms with Crippen molar-refractivity contribution in [2.24, 2.45) is 5.92 Å². The molecule has 0 aliphatic carbocycles. The number of carbonyl (C=O) groups is 1. The molecule has 1 N–H and O–H groups in total. The number of likely N-dealkylation sites (tertiary alicyclic amines) is 1. The number of piperidine rings is 1. The Labute approximate surface area is 165 Å². The van der Waals surface area contributed by atoms with E-state index in [1.54, 1.807) is 12.1 Å². The summed E-state index contributed by atoms with van der Waals surface area (Å²) in [5, 5.41) is 0.385. The third-order valence-electron chi connectivity index (χ3n) is 5.48. The second kappa shape index (κ2) is 8.08. The Hall–Kier alpha value is -3.13. The number of hydrogen-bond donors (Lipinski definition) is 1. The number of nitrogens with zero attached hydrogens (tertiary/aromatic N) is 3. The van der Waals surface area contributed by atoms with Gasteiger partial charge in [-0.3, -0.25) is 19.1 Å². The third-order valence-corrected chi connectivity index (χ3v) is 5.48. The quantitative estimate of drug-likeness (QED) is 0.665. The van der Waals surface area contributed by atoms with Gasteiger partial charge < -0.3 is 4.90 Å². The Kier molecular flexibility index (Phi) is 5.35. The van der Waals surface area contributed by atoms with E-state index in [0.29, 0.717) is 49.1 Å². The molecule has 4 rings (SSSR count). The van der Waals surface area contributed by atoms with Crippen molar-refractivity contribution < 1.29 is 9.18 Å². The number of nitrogens with one attached hydrogen (secondary N) is 1. The van der Waals surface area contributed by atoms with Gasteiger partial charge in [0.2, 0.25) is 0 Å². The highest BCUT2D eigenvalue weighted by atomic mass is 19.1. The summed E-state index contributed by atoms with van der Waals surface area (Å²) in [5.74, 6) is -0.403. The smallest absolute Gasteiger partial charge is 0.302 e. The molecule has 1 aliphatic rings. The number of benzene rings is 1. The van der Waals surface area contributed by atoms with Crippen LogP contribution in [-0.2, 0) is 6.54 Å². The van der Waals surface area contributed by atoms with Crippen LogP contribution >= 0.6 is 0 Å². The SMILES string of the molecule is O=C(c1ccc(F)cc1)C1CCN(CCn2c(=O)[nH]c3ncccc3c2=O)CC1. The van der Waals surface area contributed by atoms with Crippen LogP contribution in [0.25, 0.3) is 11.0 Å². The van der Waals surface area contributed by atoms with Gasteiger partial charge in [0.1, 0.15) is 11.5 Å². The standard InChI is InChI=1S/C21H21FN4O3/c22-16-5-3-14(4-6-16)18(27)15-7-10-25(11-8-15)12-13-26-20(28)17-2-1-9-23-19(17)24-21(26)29/h1-6,9,15H,7-8,10-13H2,(H,23,24,29). The zero-order chi connectivity index (χ0) is 20.4. The Morgan fingerprint density at radius 1 is 1.10 bits per heavy atom. The molecule has 7 nitrogen and oxygen atoms in total. The molecule has 0 amide bonds. The lowest BCUT2D eigenvalue weighted by molar-refractivity contribution is 0.0837. The first kappa shape index (κ1) is 19.2. The average Bonchev–Trinajstić information content (AvgIpc) is 2.74. The molecule has 8 heteroatoms. The summed E-state index contributed by atoms with van der Waals surface area (Å²) in [7, 11) is 0. The van der Waals surface area contributed by atoms with Gasteiger partial charge in [0, 0.05) is 30.8 Å². The molecule has 0 radical (unpaired) electrons. The topological polar surface area (TPSA) is 88.1 Å². The normalized spacial score (nSPS) is 15.6.